The van der Waals surface area contributed by atoms with Crippen molar-refractivity contribution >= 4 is 29.1 Å². The fourth-order valence-electron chi connectivity index (χ4n) is 5.51. The summed E-state index contributed by atoms with van der Waals surface area (Å²) in [6.45, 7) is 4.00. The van der Waals surface area contributed by atoms with Crippen LogP contribution in [0.25, 0.3) is 11.1 Å². The van der Waals surface area contributed by atoms with E-state index < -0.39 is 6.04 Å². The Balaban J connectivity index is 1.34. The zero-order valence-corrected chi connectivity index (χ0v) is 21.7. The molecule has 8 nitrogen and oxygen atoms in total. The Kier molecular flexibility index (Phi) is 7.48. The molecule has 0 unspecified atom stereocenters. The van der Waals surface area contributed by atoms with E-state index in [4.69, 9.17) is 11.6 Å². The van der Waals surface area contributed by atoms with Gasteiger partial charge in [-0.3, -0.25) is 9.59 Å². The van der Waals surface area contributed by atoms with Crippen LogP contribution in [0, 0.1) is 18.0 Å². The number of nitrogens with one attached hydrogen (secondary N) is 3. The molecule has 5 rings (SSSR count). The molecule has 1 aliphatic carbocycles. The molecule has 2 aromatic heterocycles. The number of fused-ring (bicyclic) bond motifs is 1. The first kappa shape index (κ1) is 25.3. The van der Waals surface area contributed by atoms with Gasteiger partial charge in [0.2, 0.25) is 5.91 Å². The minimum absolute atomic E-state index is 0.0905. The molecular formula is C28H32ClN5O3. The minimum atomic E-state index is -0.620. The van der Waals surface area contributed by atoms with Crippen LogP contribution in [0.2, 0.25) is 5.02 Å². The van der Waals surface area contributed by atoms with Gasteiger partial charge in [-0.1, -0.05) is 43.0 Å². The van der Waals surface area contributed by atoms with E-state index >= 15 is 0 Å². The minimum Gasteiger partial charge on any atom is -0.618 e. The van der Waals surface area contributed by atoms with E-state index in [2.05, 4.69) is 16.0 Å². The lowest BCUT2D eigenvalue weighted by molar-refractivity contribution is -0.611. The fraction of sp³-hybridized carbons (Fsp3) is 0.393. The van der Waals surface area contributed by atoms with Crippen molar-refractivity contribution in [1.82, 2.24) is 15.2 Å². The second-order valence-corrected chi connectivity index (χ2v) is 10.3. The summed E-state index contributed by atoms with van der Waals surface area (Å²) in [6.07, 6.45) is 6.48. The number of carbonyl (C=O) groups is 2. The second-order valence-electron chi connectivity index (χ2n) is 9.90. The molecule has 9 heteroatoms. The first-order valence-corrected chi connectivity index (χ1v) is 13.3. The number of benzene rings is 1. The molecular weight excluding hydrogens is 490 g/mol. The van der Waals surface area contributed by atoms with E-state index in [1.807, 2.05) is 28.8 Å². The van der Waals surface area contributed by atoms with Crippen molar-refractivity contribution < 1.29 is 14.3 Å². The zero-order valence-electron chi connectivity index (χ0n) is 20.9. The average Bonchev–Trinajstić information content (AvgIpc) is 3.35. The highest BCUT2D eigenvalue weighted by Crippen LogP contribution is 2.31. The molecule has 1 aliphatic heterocycles. The summed E-state index contributed by atoms with van der Waals surface area (Å²) >= 11 is 6.36. The Morgan fingerprint density at radius 3 is 2.62 bits per heavy atom. The van der Waals surface area contributed by atoms with Gasteiger partial charge in [0.15, 0.2) is 11.9 Å². The second kappa shape index (κ2) is 10.9. The van der Waals surface area contributed by atoms with Crippen LogP contribution >= 0.6 is 11.6 Å². The summed E-state index contributed by atoms with van der Waals surface area (Å²) in [4.78, 5) is 26.8. The number of nitrogens with zero attached hydrogens (tertiary/aromatic N) is 2. The van der Waals surface area contributed by atoms with Crippen molar-refractivity contribution in [2.45, 2.75) is 58.2 Å². The monoisotopic (exact) mass is 521 g/mol. The highest BCUT2D eigenvalue weighted by atomic mass is 35.5. The Morgan fingerprint density at radius 2 is 1.86 bits per heavy atom. The Labute approximate surface area is 221 Å². The largest absolute Gasteiger partial charge is 0.618 e. The Hall–Kier alpha value is -3.36. The maximum absolute atomic E-state index is 13.5. The van der Waals surface area contributed by atoms with E-state index in [1.54, 1.807) is 25.1 Å². The summed E-state index contributed by atoms with van der Waals surface area (Å²) in [7, 11) is 0. The van der Waals surface area contributed by atoms with E-state index in [9.17, 15) is 14.8 Å². The van der Waals surface area contributed by atoms with Gasteiger partial charge in [-0.15, -0.1) is 0 Å². The zero-order chi connectivity index (χ0) is 25.9. The third kappa shape index (κ3) is 5.36. The van der Waals surface area contributed by atoms with E-state index in [0.717, 1.165) is 67.7 Å². The molecule has 3 aromatic rings. The van der Waals surface area contributed by atoms with E-state index in [-0.39, 0.29) is 17.7 Å². The molecule has 0 radical (unpaired) electrons. The number of anilines is 1. The van der Waals surface area contributed by atoms with E-state index in [0.29, 0.717) is 27.7 Å². The van der Waals surface area contributed by atoms with Gasteiger partial charge < -0.3 is 25.7 Å². The number of rotatable bonds is 6. The third-order valence-electron chi connectivity index (χ3n) is 7.54. The van der Waals surface area contributed by atoms with Crippen molar-refractivity contribution in [3.8, 4) is 11.1 Å². The fourth-order valence-corrected chi connectivity index (χ4v) is 5.81. The van der Waals surface area contributed by atoms with Crippen molar-refractivity contribution in [2.24, 2.45) is 5.92 Å². The number of halogens is 1. The highest BCUT2D eigenvalue weighted by Gasteiger charge is 2.32. The maximum atomic E-state index is 13.5. The molecule has 1 saturated carbocycles. The van der Waals surface area contributed by atoms with Crippen LogP contribution < -0.4 is 20.7 Å². The number of hydrogen-bond acceptors (Lipinski definition) is 4. The molecule has 0 saturated heterocycles. The predicted molar refractivity (Wildman–Crippen MR) is 143 cm³/mol. The molecule has 1 atom stereocenters. The van der Waals surface area contributed by atoms with Gasteiger partial charge in [-0.2, -0.15) is 4.73 Å². The maximum Gasteiger partial charge on any atom is 0.268 e. The molecule has 3 heterocycles. The van der Waals surface area contributed by atoms with E-state index in [1.165, 1.54) is 6.20 Å². The smallest absolute Gasteiger partial charge is 0.268 e. The molecule has 0 spiro atoms. The molecule has 1 fully saturated rings. The lowest BCUT2D eigenvalue weighted by Crippen LogP contribution is -2.49. The summed E-state index contributed by atoms with van der Waals surface area (Å²) in [5.41, 5.74) is 4.25. The van der Waals surface area contributed by atoms with Crippen LogP contribution in [-0.4, -0.2) is 29.0 Å². The average molecular weight is 522 g/mol. The van der Waals surface area contributed by atoms with Crippen LogP contribution in [0.3, 0.4) is 0 Å². The summed E-state index contributed by atoms with van der Waals surface area (Å²) < 4.78 is 2.82. The third-order valence-corrected chi connectivity index (χ3v) is 7.86. The van der Waals surface area contributed by atoms with Crippen molar-refractivity contribution in [3.05, 3.63) is 76.0 Å². The Bertz CT molecular complexity index is 1300. The standard InChI is InChI=1S/C28H32ClN5O3/c1-18-25(23(29)13-15-34(18)37)19-7-9-21(10-8-19)31-28(36)26(20-5-3-2-4-6-20)32-27(35)24-12-11-22-17-30-14-16-33(22)24/h7-13,15,20,26,30H,2-6,14,16-17H2,1H3,(H,31,36)(H,32,35)/t26-/m0/s1. The molecule has 2 amide bonds. The summed E-state index contributed by atoms with van der Waals surface area (Å²) in [5, 5.41) is 21.9. The number of pyridine rings is 1. The lowest BCUT2D eigenvalue weighted by Gasteiger charge is -2.30. The van der Waals surface area contributed by atoms with Gasteiger partial charge in [0.1, 0.15) is 11.7 Å². The van der Waals surface area contributed by atoms with Crippen LogP contribution in [0.15, 0.2) is 48.7 Å². The van der Waals surface area contributed by atoms with Gasteiger partial charge >= 0.3 is 0 Å². The van der Waals surface area contributed by atoms with Crippen molar-refractivity contribution in [3.63, 3.8) is 0 Å². The number of amides is 2. The summed E-state index contributed by atoms with van der Waals surface area (Å²) in [6, 6.07) is 12.0. The first-order chi connectivity index (χ1) is 17.9. The number of aromatic nitrogens is 2. The quantitative estimate of drug-likeness (QED) is 0.334. The van der Waals surface area contributed by atoms with Crippen molar-refractivity contribution in [2.75, 3.05) is 11.9 Å². The molecule has 2 aliphatic rings. The predicted octanol–water partition coefficient (Wildman–Crippen LogP) is 4.17. The normalized spacial score (nSPS) is 16.6. The first-order valence-electron chi connectivity index (χ1n) is 12.9. The SMILES string of the molecule is Cc1c(-c2ccc(NC(=O)[C@@H](NC(=O)c3ccc4n3CCNC4)C3CCCCC3)cc2)c(Cl)cc[n+]1[O-]. The highest BCUT2D eigenvalue weighted by molar-refractivity contribution is 6.33. The molecule has 0 bridgehead atoms. The molecule has 37 heavy (non-hydrogen) atoms. The Morgan fingerprint density at radius 1 is 1.11 bits per heavy atom. The van der Waals surface area contributed by atoms with Crippen LogP contribution in [0.1, 0.15) is 54.0 Å². The van der Waals surface area contributed by atoms with Gasteiger partial charge in [-0.05, 0) is 48.6 Å². The molecule has 194 valence electrons. The lowest BCUT2D eigenvalue weighted by atomic mass is 9.83. The summed E-state index contributed by atoms with van der Waals surface area (Å²) in [5.74, 6) is -0.339. The van der Waals surface area contributed by atoms with Gasteiger partial charge in [0.25, 0.3) is 5.91 Å². The van der Waals surface area contributed by atoms with Gasteiger partial charge in [-0.25, -0.2) is 0 Å². The van der Waals surface area contributed by atoms with Gasteiger partial charge in [0.05, 0.1) is 10.6 Å². The number of hydrogen-bond donors (Lipinski definition) is 3. The van der Waals surface area contributed by atoms with Crippen LogP contribution in [0.4, 0.5) is 5.69 Å². The van der Waals surface area contributed by atoms with Crippen LogP contribution in [0.5, 0.6) is 0 Å². The number of carbonyl (C=O) groups excluding carboxylic acids is 2. The van der Waals surface area contributed by atoms with Crippen LogP contribution in [-0.2, 0) is 17.9 Å². The van der Waals surface area contributed by atoms with Gasteiger partial charge in [0, 0.05) is 44.0 Å². The van der Waals surface area contributed by atoms with Crippen molar-refractivity contribution in [1.29, 1.82) is 0 Å². The molecule has 1 aromatic carbocycles. The topological polar surface area (TPSA) is 102 Å². The molecule has 3 N–H and O–H groups in total.